The van der Waals surface area contributed by atoms with Crippen LogP contribution in [0, 0.1) is 3.57 Å². The van der Waals surface area contributed by atoms with E-state index in [1.165, 1.54) is 38.5 Å². The van der Waals surface area contributed by atoms with Crippen molar-refractivity contribution < 1.29 is 9.90 Å². The van der Waals surface area contributed by atoms with E-state index in [4.69, 9.17) is 0 Å². The molecular formula is C17H26INO2. The summed E-state index contributed by atoms with van der Waals surface area (Å²) >= 11 is 2.13. The van der Waals surface area contributed by atoms with Gasteiger partial charge in [0.1, 0.15) is 5.75 Å². The van der Waals surface area contributed by atoms with Gasteiger partial charge in [0.25, 0.3) is 5.91 Å². The minimum atomic E-state index is -0.186. The molecule has 4 heteroatoms. The van der Waals surface area contributed by atoms with Gasteiger partial charge in [-0.3, -0.25) is 4.79 Å². The highest BCUT2D eigenvalue weighted by molar-refractivity contribution is 14.1. The Balaban J connectivity index is 2.12. The van der Waals surface area contributed by atoms with Gasteiger partial charge in [-0.2, -0.15) is 0 Å². The van der Waals surface area contributed by atoms with Crippen molar-refractivity contribution >= 4 is 28.5 Å². The molecule has 0 unspecified atom stereocenters. The summed E-state index contributed by atoms with van der Waals surface area (Å²) in [5.41, 5.74) is 0.362. The number of hydrogen-bond donors (Lipinski definition) is 2. The maximum absolute atomic E-state index is 12.0. The van der Waals surface area contributed by atoms with E-state index in [1.54, 1.807) is 18.2 Å². The fourth-order valence-electron chi connectivity index (χ4n) is 2.25. The van der Waals surface area contributed by atoms with Crippen LogP contribution in [-0.4, -0.2) is 17.6 Å². The highest BCUT2D eigenvalue weighted by Gasteiger charge is 2.10. The zero-order chi connectivity index (χ0) is 15.5. The average Bonchev–Trinajstić information content (AvgIpc) is 2.48. The zero-order valence-electron chi connectivity index (χ0n) is 12.8. The second-order valence-electron chi connectivity index (χ2n) is 5.39. The van der Waals surface area contributed by atoms with Gasteiger partial charge in [0.15, 0.2) is 0 Å². The van der Waals surface area contributed by atoms with E-state index in [9.17, 15) is 9.90 Å². The van der Waals surface area contributed by atoms with Crippen molar-refractivity contribution in [1.82, 2.24) is 5.32 Å². The Morgan fingerprint density at radius 3 is 2.38 bits per heavy atom. The molecule has 1 amide bonds. The molecule has 0 aliphatic rings. The molecule has 0 bridgehead atoms. The van der Waals surface area contributed by atoms with E-state index in [2.05, 4.69) is 34.8 Å². The minimum Gasteiger partial charge on any atom is -0.507 e. The van der Waals surface area contributed by atoms with Crippen molar-refractivity contribution in [1.29, 1.82) is 0 Å². The monoisotopic (exact) mass is 403 g/mol. The number of carbonyl (C=O) groups is 1. The molecule has 0 heterocycles. The Kier molecular flexibility index (Phi) is 9.46. The lowest BCUT2D eigenvalue weighted by molar-refractivity contribution is 0.0950. The summed E-state index contributed by atoms with van der Waals surface area (Å²) < 4.78 is 0.947. The van der Waals surface area contributed by atoms with Crippen LogP contribution in [0.2, 0.25) is 0 Å². The third-order valence-corrected chi connectivity index (χ3v) is 4.19. The Hall–Kier alpha value is -0.780. The van der Waals surface area contributed by atoms with Gasteiger partial charge in [0.2, 0.25) is 0 Å². The molecule has 0 aliphatic heterocycles. The Bertz CT molecular complexity index is 435. The first-order chi connectivity index (χ1) is 10.1. The summed E-state index contributed by atoms with van der Waals surface area (Å²) in [6, 6.07) is 5.05. The SMILES string of the molecule is CCCCCCCCCCNC(=O)c1cc(I)ccc1O. The number of unbranched alkanes of at least 4 members (excludes halogenated alkanes) is 7. The molecule has 0 aliphatic carbocycles. The fraction of sp³-hybridized carbons (Fsp3) is 0.588. The lowest BCUT2D eigenvalue weighted by Gasteiger charge is -2.07. The van der Waals surface area contributed by atoms with E-state index in [-0.39, 0.29) is 11.7 Å². The Morgan fingerprint density at radius 1 is 1.10 bits per heavy atom. The number of halogens is 1. The van der Waals surface area contributed by atoms with Crippen molar-refractivity contribution in [2.45, 2.75) is 58.3 Å². The van der Waals surface area contributed by atoms with Gasteiger partial charge >= 0.3 is 0 Å². The largest absolute Gasteiger partial charge is 0.507 e. The lowest BCUT2D eigenvalue weighted by atomic mass is 10.1. The molecule has 21 heavy (non-hydrogen) atoms. The number of amides is 1. The zero-order valence-corrected chi connectivity index (χ0v) is 15.0. The summed E-state index contributed by atoms with van der Waals surface area (Å²) in [6.07, 6.45) is 10.0. The standard InChI is InChI=1S/C17H26INO2/c1-2-3-4-5-6-7-8-9-12-19-17(21)15-13-14(18)10-11-16(15)20/h10-11,13,20H,2-9,12H2,1H3,(H,19,21). The normalized spacial score (nSPS) is 10.6. The molecular weight excluding hydrogens is 377 g/mol. The van der Waals surface area contributed by atoms with Gasteiger partial charge in [-0.05, 0) is 47.2 Å². The predicted molar refractivity (Wildman–Crippen MR) is 95.8 cm³/mol. The maximum Gasteiger partial charge on any atom is 0.255 e. The number of benzene rings is 1. The van der Waals surface area contributed by atoms with E-state index in [0.29, 0.717) is 12.1 Å². The summed E-state index contributed by atoms with van der Waals surface area (Å²) in [5.74, 6) is -0.141. The molecule has 0 saturated carbocycles. The quantitative estimate of drug-likeness (QED) is 0.433. The molecule has 1 rings (SSSR count). The first kappa shape index (κ1) is 18.3. The topological polar surface area (TPSA) is 49.3 Å². The number of nitrogens with one attached hydrogen (secondary N) is 1. The number of phenolic OH excluding ortho intramolecular Hbond substituents is 1. The summed E-state index contributed by atoms with van der Waals surface area (Å²) in [7, 11) is 0. The number of carbonyl (C=O) groups excluding carboxylic acids is 1. The highest BCUT2D eigenvalue weighted by Crippen LogP contribution is 2.19. The average molecular weight is 403 g/mol. The van der Waals surface area contributed by atoms with Crippen LogP contribution in [0.15, 0.2) is 18.2 Å². The van der Waals surface area contributed by atoms with Crippen molar-refractivity contribution in [2.75, 3.05) is 6.54 Å². The molecule has 118 valence electrons. The molecule has 3 nitrogen and oxygen atoms in total. The van der Waals surface area contributed by atoms with Crippen molar-refractivity contribution in [3.8, 4) is 5.75 Å². The van der Waals surface area contributed by atoms with Crippen molar-refractivity contribution in [2.24, 2.45) is 0 Å². The van der Waals surface area contributed by atoms with Gasteiger partial charge in [-0.25, -0.2) is 0 Å². The van der Waals surface area contributed by atoms with Crippen LogP contribution in [0.3, 0.4) is 0 Å². The molecule has 1 aromatic carbocycles. The third-order valence-electron chi connectivity index (χ3n) is 3.52. The number of hydrogen-bond acceptors (Lipinski definition) is 2. The smallest absolute Gasteiger partial charge is 0.255 e. The van der Waals surface area contributed by atoms with E-state index >= 15 is 0 Å². The Labute approximate surface area is 141 Å². The molecule has 2 N–H and O–H groups in total. The van der Waals surface area contributed by atoms with Crippen LogP contribution < -0.4 is 5.32 Å². The van der Waals surface area contributed by atoms with E-state index < -0.39 is 0 Å². The number of phenols is 1. The van der Waals surface area contributed by atoms with Crippen LogP contribution >= 0.6 is 22.6 Å². The molecule has 1 aromatic rings. The summed E-state index contributed by atoms with van der Waals surface area (Å²) in [4.78, 5) is 12.0. The molecule has 0 saturated heterocycles. The van der Waals surface area contributed by atoms with Gasteiger partial charge in [-0.1, -0.05) is 51.9 Å². The minimum absolute atomic E-state index is 0.0452. The molecule has 0 atom stereocenters. The van der Waals surface area contributed by atoms with Crippen molar-refractivity contribution in [3.63, 3.8) is 0 Å². The number of aromatic hydroxyl groups is 1. The van der Waals surface area contributed by atoms with Crippen LogP contribution in [0.25, 0.3) is 0 Å². The molecule has 0 spiro atoms. The number of rotatable bonds is 10. The first-order valence-electron chi connectivity index (χ1n) is 7.92. The van der Waals surface area contributed by atoms with Crippen LogP contribution in [0.4, 0.5) is 0 Å². The second kappa shape index (κ2) is 10.9. The fourth-order valence-corrected chi connectivity index (χ4v) is 2.74. The molecule has 0 aromatic heterocycles. The lowest BCUT2D eigenvalue weighted by Crippen LogP contribution is -2.24. The Morgan fingerprint density at radius 2 is 1.71 bits per heavy atom. The van der Waals surface area contributed by atoms with Gasteiger partial charge in [-0.15, -0.1) is 0 Å². The van der Waals surface area contributed by atoms with Crippen LogP contribution in [-0.2, 0) is 0 Å². The van der Waals surface area contributed by atoms with Gasteiger partial charge in [0, 0.05) is 10.1 Å². The maximum atomic E-state index is 12.0. The predicted octanol–water partition coefficient (Wildman–Crippen LogP) is 4.87. The summed E-state index contributed by atoms with van der Waals surface area (Å²) in [6.45, 7) is 2.91. The van der Waals surface area contributed by atoms with Crippen LogP contribution in [0.5, 0.6) is 5.75 Å². The highest BCUT2D eigenvalue weighted by atomic mass is 127. The first-order valence-corrected chi connectivity index (χ1v) is 8.99. The summed E-state index contributed by atoms with van der Waals surface area (Å²) in [5, 5.41) is 12.6. The molecule has 0 fully saturated rings. The van der Waals surface area contributed by atoms with E-state index in [0.717, 1.165) is 16.4 Å². The molecule has 0 radical (unpaired) electrons. The second-order valence-corrected chi connectivity index (χ2v) is 6.64. The van der Waals surface area contributed by atoms with Crippen LogP contribution in [0.1, 0.15) is 68.6 Å². The third kappa shape index (κ3) is 7.69. The van der Waals surface area contributed by atoms with Gasteiger partial charge in [0.05, 0.1) is 5.56 Å². The van der Waals surface area contributed by atoms with Gasteiger partial charge < -0.3 is 10.4 Å². The van der Waals surface area contributed by atoms with E-state index in [1.807, 2.05) is 0 Å². The van der Waals surface area contributed by atoms with Crippen molar-refractivity contribution in [3.05, 3.63) is 27.3 Å².